The molecule has 0 spiro atoms. The van der Waals surface area contributed by atoms with Crippen LogP contribution in [0.4, 0.5) is 4.79 Å². The first kappa shape index (κ1) is 33.5. The van der Waals surface area contributed by atoms with Gasteiger partial charge in [0.2, 0.25) is 5.91 Å². The van der Waals surface area contributed by atoms with Crippen LogP contribution in [-0.2, 0) is 30.5 Å². The Kier molecular flexibility index (Phi) is 10.6. The Morgan fingerprint density at radius 3 is 2.44 bits per heavy atom. The molecule has 3 rings (SSSR count). The molecular formula is C24H33N5O14. The van der Waals surface area contributed by atoms with E-state index < -0.39 is 109 Å². The molecule has 2 amide bonds. The highest BCUT2D eigenvalue weighted by molar-refractivity contribution is 5.97. The van der Waals surface area contributed by atoms with Gasteiger partial charge in [0.25, 0.3) is 5.56 Å². The number of primary amides is 1. The van der Waals surface area contributed by atoms with Crippen LogP contribution in [0, 0.1) is 11.8 Å². The maximum atomic E-state index is 13.7. The van der Waals surface area contributed by atoms with Gasteiger partial charge in [0.15, 0.2) is 12.0 Å². The molecule has 238 valence electrons. The van der Waals surface area contributed by atoms with Gasteiger partial charge in [-0.25, -0.2) is 9.59 Å². The molecule has 1 aromatic heterocycles. The Labute approximate surface area is 241 Å². The number of aliphatic hydroxyl groups excluding tert-OH is 5. The highest BCUT2D eigenvalue weighted by Gasteiger charge is 2.54. The summed E-state index contributed by atoms with van der Waals surface area (Å²) < 4.78 is 10.6. The monoisotopic (exact) mass is 615 g/mol. The number of H-pyrrole nitrogens is 1. The van der Waals surface area contributed by atoms with Gasteiger partial charge in [-0.2, -0.15) is 0 Å². The first-order valence-corrected chi connectivity index (χ1v) is 12.9. The third kappa shape index (κ3) is 6.82. The minimum Gasteiger partial charge on any atom is -0.481 e. The maximum absolute atomic E-state index is 13.7. The van der Waals surface area contributed by atoms with E-state index >= 15 is 0 Å². The molecule has 12 N–H and O–H groups in total. The summed E-state index contributed by atoms with van der Waals surface area (Å²) in [6.45, 7) is -0.105. The highest BCUT2D eigenvalue weighted by Crippen LogP contribution is 2.42. The summed E-state index contributed by atoms with van der Waals surface area (Å²) >= 11 is 0. The van der Waals surface area contributed by atoms with Crippen molar-refractivity contribution in [1.29, 1.82) is 0 Å². The van der Waals surface area contributed by atoms with Crippen molar-refractivity contribution in [2.45, 2.75) is 68.8 Å². The minimum atomic E-state index is -2.08. The molecule has 19 heteroatoms. The van der Waals surface area contributed by atoms with E-state index in [1.807, 2.05) is 4.98 Å². The summed E-state index contributed by atoms with van der Waals surface area (Å²) in [6, 6.07) is -3.92. The number of aliphatic hydroxyl groups is 5. The molecule has 43 heavy (non-hydrogen) atoms. The van der Waals surface area contributed by atoms with E-state index in [-0.39, 0.29) is 12.0 Å². The first-order chi connectivity index (χ1) is 20.1. The summed E-state index contributed by atoms with van der Waals surface area (Å²) in [6.07, 6.45) is -10.5. The third-order valence-corrected chi connectivity index (χ3v) is 7.42. The lowest BCUT2D eigenvalue weighted by Crippen LogP contribution is -2.62. The molecule has 2 fully saturated rings. The number of aliphatic carboxylic acids is 1. The molecule has 2 heterocycles. The molecule has 2 unspecified atom stereocenters. The summed E-state index contributed by atoms with van der Waals surface area (Å²) in [5.74, 6) is -6.16. The number of aromatic nitrogens is 2. The van der Waals surface area contributed by atoms with E-state index in [1.54, 1.807) is 6.92 Å². The number of ketones is 1. The van der Waals surface area contributed by atoms with Crippen LogP contribution in [0.3, 0.4) is 0 Å². The van der Waals surface area contributed by atoms with Gasteiger partial charge in [0, 0.05) is 12.1 Å². The zero-order valence-corrected chi connectivity index (χ0v) is 22.6. The smallest absolute Gasteiger partial charge is 0.404 e. The molecule has 0 radical (unpaired) electrons. The van der Waals surface area contributed by atoms with Crippen LogP contribution in [0.15, 0.2) is 27.4 Å². The summed E-state index contributed by atoms with van der Waals surface area (Å²) in [4.78, 5) is 75.6. The summed E-state index contributed by atoms with van der Waals surface area (Å²) in [5, 5.41) is 63.1. The van der Waals surface area contributed by atoms with Crippen molar-refractivity contribution in [2.24, 2.45) is 23.3 Å². The number of hydrogen-bond donors (Lipinski definition) is 10. The van der Waals surface area contributed by atoms with Gasteiger partial charge in [0.05, 0.1) is 18.1 Å². The minimum absolute atomic E-state index is 0.0371. The average molecular weight is 616 g/mol. The third-order valence-electron chi connectivity index (χ3n) is 7.42. The van der Waals surface area contributed by atoms with Crippen molar-refractivity contribution in [3.05, 3.63) is 44.2 Å². The fourth-order valence-corrected chi connectivity index (χ4v) is 4.97. The molecule has 1 saturated heterocycles. The van der Waals surface area contributed by atoms with Crippen LogP contribution in [0.2, 0.25) is 0 Å². The maximum Gasteiger partial charge on any atom is 0.404 e. The van der Waals surface area contributed by atoms with Gasteiger partial charge in [0.1, 0.15) is 49.2 Å². The van der Waals surface area contributed by atoms with Crippen LogP contribution >= 0.6 is 0 Å². The van der Waals surface area contributed by atoms with Crippen LogP contribution in [0.5, 0.6) is 0 Å². The van der Waals surface area contributed by atoms with Crippen molar-refractivity contribution >= 4 is 23.8 Å². The number of carbonyl (C=O) groups excluding carboxylic acids is 3. The number of amides is 2. The molecule has 1 aliphatic heterocycles. The zero-order chi connectivity index (χ0) is 32.3. The van der Waals surface area contributed by atoms with E-state index in [0.29, 0.717) is 10.1 Å². The van der Waals surface area contributed by atoms with Crippen LogP contribution in [-0.4, -0.2) is 113 Å². The van der Waals surface area contributed by atoms with Crippen LogP contribution in [0.1, 0.15) is 25.1 Å². The number of allylic oxidation sites excluding steroid dienone is 1. The van der Waals surface area contributed by atoms with Crippen LogP contribution in [0.25, 0.3) is 0 Å². The van der Waals surface area contributed by atoms with E-state index in [9.17, 15) is 59.4 Å². The van der Waals surface area contributed by atoms with Crippen molar-refractivity contribution in [3.63, 3.8) is 0 Å². The van der Waals surface area contributed by atoms with E-state index in [4.69, 9.17) is 16.2 Å². The van der Waals surface area contributed by atoms with Gasteiger partial charge in [-0.3, -0.25) is 28.7 Å². The molecule has 0 bridgehead atoms. The number of carboxylic acid groups (broad SMARTS) is 1. The molecular weight excluding hydrogens is 582 g/mol. The first-order valence-electron chi connectivity index (χ1n) is 12.9. The lowest BCUT2D eigenvalue weighted by Gasteiger charge is -2.39. The molecule has 10 atom stereocenters. The molecule has 1 aromatic rings. The number of hydrogen-bond acceptors (Lipinski definition) is 14. The van der Waals surface area contributed by atoms with E-state index in [1.165, 1.54) is 6.08 Å². The van der Waals surface area contributed by atoms with Crippen molar-refractivity contribution in [2.75, 3.05) is 6.61 Å². The number of carboxylic acids is 1. The van der Waals surface area contributed by atoms with Crippen molar-refractivity contribution in [3.8, 4) is 0 Å². The largest absolute Gasteiger partial charge is 0.481 e. The molecule has 1 saturated carbocycles. The Morgan fingerprint density at radius 2 is 1.88 bits per heavy atom. The zero-order valence-electron chi connectivity index (χ0n) is 22.6. The van der Waals surface area contributed by atoms with E-state index in [2.05, 4.69) is 10.1 Å². The number of Topliss-reactive ketones (excluding diaryl/α,β-unsaturated/α-hetero) is 1. The second kappa shape index (κ2) is 13.5. The Balaban J connectivity index is 1.95. The van der Waals surface area contributed by atoms with Gasteiger partial charge in [-0.05, 0) is 13.3 Å². The Morgan fingerprint density at radius 1 is 1.23 bits per heavy atom. The van der Waals surface area contributed by atoms with Crippen molar-refractivity contribution < 1.29 is 59.3 Å². The lowest BCUT2D eigenvalue weighted by atomic mass is 9.65. The predicted molar refractivity (Wildman–Crippen MR) is 139 cm³/mol. The van der Waals surface area contributed by atoms with Gasteiger partial charge in [-0.15, -0.1) is 0 Å². The van der Waals surface area contributed by atoms with Crippen molar-refractivity contribution in [1.82, 2.24) is 14.9 Å². The SMILES string of the molecule is C/C=C1/CC(C(=O)[C@@H](NC(=O)[C@@H](N)[C@H](O)[C@@H](O)COC(N)=O)[C@H]2OC(n3cc(CO)c(=O)[nH]c3=O)[C@@H](O)[C@H]2O)[C@@H]1C(=O)O. The molecule has 1 aliphatic carbocycles. The number of aromatic amines is 1. The average Bonchev–Trinajstić information content (AvgIpc) is 3.22. The molecule has 19 nitrogen and oxygen atoms in total. The number of nitrogens with two attached hydrogens (primary N) is 2. The second-order valence-electron chi connectivity index (χ2n) is 10.0. The Hall–Kier alpha value is -3.98. The van der Waals surface area contributed by atoms with Gasteiger partial charge < -0.3 is 56.9 Å². The lowest BCUT2D eigenvalue weighted by molar-refractivity contribution is -0.151. The molecule has 0 aromatic carbocycles. The number of rotatable bonds is 12. The second-order valence-corrected chi connectivity index (χ2v) is 10.0. The van der Waals surface area contributed by atoms with Gasteiger partial charge >= 0.3 is 17.8 Å². The predicted octanol–water partition coefficient (Wildman–Crippen LogP) is -5.49. The summed E-state index contributed by atoms with van der Waals surface area (Å²) in [5.41, 5.74) is 8.57. The topological polar surface area (TPSA) is 327 Å². The molecule has 2 aliphatic rings. The fraction of sp³-hybridized carbons (Fsp3) is 0.583. The van der Waals surface area contributed by atoms with E-state index in [0.717, 1.165) is 6.20 Å². The van der Waals surface area contributed by atoms with Crippen LogP contribution < -0.4 is 28.0 Å². The number of ether oxygens (including phenoxy) is 2. The van der Waals surface area contributed by atoms with Gasteiger partial charge in [-0.1, -0.05) is 11.6 Å². The number of carbonyl (C=O) groups is 4. The number of nitrogens with one attached hydrogen (secondary N) is 2. The number of nitrogens with zero attached hydrogens (tertiary/aromatic N) is 1. The standard InChI is InChI=1S/C24H33N5O14/c1-2-7-3-9(11(7)22(38)39)14(32)13(27-20(37)12(25)15(33)10(31)6-42-23(26)40)18-16(34)17(35)21(43-18)29-4-8(5-30)19(36)28-24(29)41/h2,4,9-13,15-18,21,30-31,33-35H,3,5-6,25H2,1H3,(H2,26,40)(H,27,37)(H,38,39)(H,28,36,41)/b7-2-/t9?,10-,11+,12-,13+,15+,16+,17-,18+,21?/m0/s1. The highest BCUT2D eigenvalue weighted by atomic mass is 16.6. The fourth-order valence-electron chi connectivity index (χ4n) is 4.97. The summed E-state index contributed by atoms with van der Waals surface area (Å²) in [7, 11) is 0. The quantitative estimate of drug-likeness (QED) is 0.0980. The normalized spacial score (nSPS) is 28.8. The Bertz CT molecular complexity index is 1390.